The number of amides is 1. The molecule has 100 valence electrons. The molecule has 3 N–H and O–H groups in total. The summed E-state index contributed by atoms with van der Waals surface area (Å²) in [5.74, 6) is -2.57. The molecule has 4 unspecified atom stereocenters. The number of aliphatic carboxylic acids is 1. The Balaban J connectivity index is 2.08. The number of hydrogen-bond donors (Lipinski definition) is 3. The van der Waals surface area contributed by atoms with Crippen molar-refractivity contribution in [3.05, 3.63) is 12.2 Å². The molecule has 1 aliphatic heterocycles. The molecular formula is C12H17NO5. The highest BCUT2D eigenvalue weighted by atomic mass is 16.4. The van der Waals surface area contributed by atoms with Crippen LogP contribution in [0.15, 0.2) is 12.2 Å². The van der Waals surface area contributed by atoms with E-state index in [1.807, 2.05) is 6.08 Å². The van der Waals surface area contributed by atoms with Crippen LogP contribution in [0.25, 0.3) is 0 Å². The maximum Gasteiger partial charge on any atom is 0.307 e. The lowest BCUT2D eigenvalue weighted by Gasteiger charge is -2.28. The second-order valence-electron chi connectivity index (χ2n) is 4.87. The molecule has 0 aromatic heterocycles. The van der Waals surface area contributed by atoms with E-state index in [1.165, 1.54) is 4.90 Å². The summed E-state index contributed by atoms with van der Waals surface area (Å²) in [6.45, 7) is 0.152. The summed E-state index contributed by atoms with van der Waals surface area (Å²) in [6, 6.07) is 0. The second kappa shape index (κ2) is 5.07. The molecule has 0 aromatic rings. The highest BCUT2D eigenvalue weighted by Crippen LogP contribution is 2.28. The van der Waals surface area contributed by atoms with Gasteiger partial charge in [-0.15, -0.1) is 0 Å². The van der Waals surface area contributed by atoms with Gasteiger partial charge in [0.15, 0.2) is 0 Å². The fourth-order valence-corrected chi connectivity index (χ4v) is 2.54. The van der Waals surface area contributed by atoms with Gasteiger partial charge in [0.25, 0.3) is 0 Å². The van der Waals surface area contributed by atoms with E-state index in [0.717, 1.165) is 0 Å². The van der Waals surface area contributed by atoms with Crippen molar-refractivity contribution in [2.24, 2.45) is 11.8 Å². The number of carbonyl (C=O) groups excluding carboxylic acids is 1. The summed E-state index contributed by atoms with van der Waals surface area (Å²) < 4.78 is 0. The van der Waals surface area contributed by atoms with Gasteiger partial charge < -0.3 is 20.2 Å². The van der Waals surface area contributed by atoms with Crippen molar-refractivity contribution in [2.45, 2.75) is 25.0 Å². The SMILES string of the molecule is O=C(O)C1CC=CCC1C(=O)N1CC(O)C(O)C1. The van der Waals surface area contributed by atoms with Gasteiger partial charge in [-0.25, -0.2) is 0 Å². The van der Waals surface area contributed by atoms with E-state index in [9.17, 15) is 19.8 Å². The topological polar surface area (TPSA) is 98.1 Å². The van der Waals surface area contributed by atoms with Crippen molar-refractivity contribution < 1.29 is 24.9 Å². The number of aliphatic hydroxyl groups excluding tert-OH is 2. The van der Waals surface area contributed by atoms with Crippen molar-refractivity contribution >= 4 is 11.9 Å². The maximum atomic E-state index is 12.2. The van der Waals surface area contributed by atoms with Crippen LogP contribution in [0.2, 0.25) is 0 Å². The third-order valence-corrected chi connectivity index (χ3v) is 3.64. The minimum atomic E-state index is -0.974. The molecule has 0 spiro atoms. The van der Waals surface area contributed by atoms with E-state index in [1.54, 1.807) is 6.08 Å². The van der Waals surface area contributed by atoms with Gasteiger partial charge >= 0.3 is 5.97 Å². The molecule has 18 heavy (non-hydrogen) atoms. The molecule has 0 radical (unpaired) electrons. The first-order chi connectivity index (χ1) is 8.50. The Bertz CT molecular complexity index is 371. The van der Waals surface area contributed by atoms with E-state index in [2.05, 4.69) is 0 Å². The maximum absolute atomic E-state index is 12.2. The number of β-amino-alcohol motifs (C(OH)–C–C–N with tert-alkyl or cyclic N) is 2. The summed E-state index contributed by atoms with van der Waals surface area (Å²) in [5, 5.41) is 27.9. The molecule has 1 fully saturated rings. The van der Waals surface area contributed by atoms with Crippen LogP contribution in [0.1, 0.15) is 12.8 Å². The first-order valence-electron chi connectivity index (χ1n) is 6.03. The van der Waals surface area contributed by atoms with Crippen LogP contribution in [-0.4, -0.2) is 57.4 Å². The largest absolute Gasteiger partial charge is 0.481 e. The Morgan fingerprint density at radius 1 is 1.00 bits per heavy atom. The van der Waals surface area contributed by atoms with Crippen molar-refractivity contribution in [3.63, 3.8) is 0 Å². The quantitative estimate of drug-likeness (QED) is 0.562. The van der Waals surface area contributed by atoms with Gasteiger partial charge in [0.2, 0.25) is 5.91 Å². The molecule has 6 heteroatoms. The number of allylic oxidation sites excluding steroid dienone is 2. The Morgan fingerprint density at radius 3 is 2.00 bits per heavy atom. The smallest absolute Gasteiger partial charge is 0.307 e. The van der Waals surface area contributed by atoms with Gasteiger partial charge in [0.1, 0.15) is 0 Å². The Morgan fingerprint density at radius 2 is 1.50 bits per heavy atom. The summed E-state index contributed by atoms with van der Waals surface area (Å²) in [6.07, 6.45) is 2.47. The predicted molar refractivity (Wildman–Crippen MR) is 61.6 cm³/mol. The summed E-state index contributed by atoms with van der Waals surface area (Å²) >= 11 is 0. The fraction of sp³-hybridized carbons (Fsp3) is 0.667. The molecule has 1 aliphatic carbocycles. The third-order valence-electron chi connectivity index (χ3n) is 3.64. The van der Waals surface area contributed by atoms with Crippen LogP contribution in [0.5, 0.6) is 0 Å². The number of carboxylic acids is 1. The lowest BCUT2D eigenvalue weighted by atomic mass is 9.82. The standard InChI is InChI=1S/C12H17NO5/c14-9-5-13(6-10(9)15)11(16)7-3-1-2-4-8(7)12(17)18/h1-2,7-10,14-15H,3-6H2,(H,17,18). The van der Waals surface area contributed by atoms with Crippen molar-refractivity contribution in [2.75, 3.05) is 13.1 Å². The molecule has 2 aliphatic rings. The highest BCUT2D eigenvalue weighted by Gasteiger charge is 2.40. The first-order valence-corrected chi connectivity index (χ1v) is 6.03. The van der Waals surface area contributed by atoms with Crippen LogP contribution in [0, 0.1) is 11.8 Å². The number of likely N-dealkylation sites (tertiary alicyclic amines) is 1. The zero-order chi connectivity index (χ0) is 13.3. The van der Waals surface area contributed by atoms with Gasteiger partial charge in [0.05, 0.1) is 24.0 Å². The van der Waals surface area contributed by atoms with E-state index in [-0.39, 0.29) is 19.0 Å². The van der Waals surface area contributed by atoms with Crippen LogP contribution in [0.4, 0.5) is 0 Å². The average Bonchev–Trinajstić information content (AvgIpc) is 2.68. The monoisotopic (exact) mass is 255 g/mol. The van der Waals surface area contributed by atoms with Crippen molar-refractivity contribution in [1.29, 1.82) is 0 Å². The Labute approximate surface area is 105 Å². The number of rotatable bonds is 2. The van der Waals surface area contributed by atoms with Crippen LogP contribution >= 0.6 is 0 Å². The first kappa shape index (κ1) is 13.0. The third kappa shape index (κ3) is 2.39. The Kier molecular flexibility index (Phi) is 3.68. The predicted octanol–water partition coefficient (Wildman–Crippen LogP) is -0.783. The number of aliphatic hydroxyl groups is 2. The highest BCUT2D eigenvalue weighted by molar-refractivity contribution is 5.85. The van der Waals surface area contributed by atoms with E-state index in [0.29, 0.717) is 12.8 Å². The summed E-state index contributed by atoms with van der Waals surface area (Å²) in [5.41, 5.74) is 0. The molecule has 1 saturated heterocycles. The molecule has 0 aromatic carbocycles. The van der Waals surface area contributed by atoms with Crippen molar-refractivity contribution in [1.82, 2.24) is 4.90 Å². The zero-order valence-electron chi connectivity index (χ0n) is 9.90. The molecular weight excluding hydrogens is 238 g/mol. The molecule has 6 nitrogen and oxygen atoms in total. The minimum Gasteiger partial charge on any atom is -0.481 e. The van der Waals surface area contributed by atoms with Crippen molar-refractivity contribution in [3.8, 4) is 0 Å². The van der Waals surface area contributed by atoms with Crippen LogP contribution < -0.4 is 0 Å². The van der Waals surface area contributed by atoms with Gasteiger partial charge in [-0.3, -0.25) is 9.59 Å². The lowest BCUT2D eigenvalue weighted by Crippen LogP contribution is -2.41. The van der Waals surface area contributed by atoms with E-state index < -0.39 is 30.0 Å². The molecule has 0 saturated carbocycles. The molecule has 4 atom stereocenters. The average molecular weight is 255 g/mol. The van der Waals surface area contributed by atoms with Gasteiger partial charge in [-0.05, 0) is 12.8 Å². The number of carbonyl (C=O) groups is 2. The summed E-state index contributed by atoms with van der Waals surface area (Å²) in [4.78, 5) is 24.7. The van der Waals surface area contributed by atoms with E-state index in [4.69, 9.17) is 5.11 Å². The Hall–Kier alpha value is -1.40. The van der Waals surface area contributed by atoms with Gasteiger partial charge in [-0.1, -0.05) is 12.2 Å². The minimum absolute atomic E-state index is 0.0759. The number of carboxylic acid groups (broad SMARTS) is 1. The van der Waals surface area contributed by atoms with Crippen LogP contribution in [0.3, 0.4) is 0 Å². The number of hydrogen-bond acceptors (Lipinski definition) is 4. The van der Waals surface area contributed by atoms with Crippen LogP contribution in [-0.2, 0) is 9.59 Å². The molecule has 2 rings (SSSR count). The zero-order valence-corrected chi connectivity index (χ0v) is 9.90. The summed E-state index contributed by atoms with van der Waals surface area (Å²) in [7, 11) is 0. The fourth-order valence-electron chi connectivity index (χ4n) is 2.54. The number of nitrogens with zero attached hydrogens (tertiary/aromatic N) is 1. The van der Waals surface area contributed by atoms with E-state index >= 15 is 0 Å². The molecule has 0 bridgehead atoms. The lowest BCUT2D eigenvalue weighted by molar-refractivity contribution is -0.150. The second-order valence-corrected chi connectivity index (χ2v) is 4.87. The van der Waals surface area contributed by atoms with Gasteiger partial charge in [0, 0.05) is 13.1 Å². The van der Waals surface area contributed by atoms with Gasteiger partial charge in [-0.2, -0.15) is 0 Å². The normalized spacial score (nSPS) is 35.8. The molecule has 1 heterocycles. The molecule has 1 amide bonds.